The number of halogens is 1. The maximum absolute atomic E-state index is 10.8. The van der Waals surface area contributed by atoms with Crippen LogP contribution < -0.4 is 16.0 Å². The Bertz CT molecular complexity index is 751. The van der Waals surface area contributed by atoms with Gasteiger partial charge in [-0.15, -0.1) is 0 Å². The normalized spacial score (nSPS) is 20.1. The van der Waals surface area contributed by atoms with E-state index in [-0.39, 0.29) is 12.1 Å². The lowest BCUT2D eigenvalue weighted by atomic mass is 9.91. The average Bonchev–Trinajstić information content (AvgIpc) is 2.95. The quantitative estimate of drug-likeness (QED) is 0.643. The van der Waals surface area contributed by atoms with Crippen molar-refractivity contribution in [1.29, 1.82) is 0 Å². The summed E-state index contributed by atoms with van der Waals surface area (Å²) in [5, 5.41) is 22.3. The molecule has 25 heavy (non-hydrogen) atoms. The van der Waals surface area contributed by atoms with E-state index in [1.165, 1.54) is 6.20 Å². The van der Waals surface area contributed by atoms with Crippen molar-refractivity contribution in [1.82, 2.24) is 25.1 Å². The molecule has 3 rings (SSSR count). The molecule has 134 valence electrons. The Morgan fingerprint density at radius 2 is 2.16 bits per heavy atom. The summed E-state index contributed by atoms with van der Waals surface area (Å²) in [5.74, 6) is 0.944. The van der Waals surface area contributed by atoms with Gasteiger partial charge in [0.05, 0.1) is 18.1 Å². The maximum Gasteiger partial charge on any atom is 0.404 e. The van der Waals surface area contributed by atoms with Gasteiger partial charge in [0.25, 0.3) is 0 Å². The molecule has 0 spiro atoms. The minimum Gasteiger partial charge on any atom is -0.465 e. The van der Waals surface area contributed by atoms with Crippen LogP contribution in [0.5, 0.6) is 0 Å². The van der Waals surface area contributed by atoms with Crippen LogP contribution in [0.4, 0.5) is 22.2 Å². The lowest BCUT2D eigenvalue weighted by Gasteiger charge is -2.30. The van der Waals surface area contributed by atoms with Gasteiger partial charge in [-0.3, -0.25) is 4.68 Å². The van der Waals surface area contributed by atoms with Crippen LogP contribution in [0.1, 0.15) is 25.7 Å². The summed E-state index contributed by atoms with van der Waals surface area (Å²) in [6, 6.07) is 0.0431. The van der Waals surface area contributed by atoms with Crippen LogP contribution >= 0.6 is 11.6 Å². The number of carboxylic acid groups (broad SMARTS) is 1. The Kier molecular flexibility index (Phi) is 5.22. The van der Waals surface area contributed by atoms with Gasteiger partial charge in [0.15, 0.2) is 5.82 Å². The zero-order chi connectivity index (χ0) is 17.8. The highest BCUT2D eigenvalue weighted by atomic mass is 35.5. The molecule has 0 aromatic carbocycles. The summed E-state index contributed by atoms with van der Waals surface area (Å²) in [6.07, 6.45) is 7.44. The molecule has 0 bridgehead atoms. The highest BCUT2D eigenvalue weighted by molar-refractivity contribution is 6.32. The molecule has 0 radical (unpaired) electrons. The molecule has 1 fully saturated rings. The van der Waals surface area contributed by atoms with E-state index in [0.717, 1.165) is 24.9 Å². The number of nitrogens with zero attached hydrogens (tertiary/aromatic N) is 4. The van der Waals surface area contributed by atoms with Crippen LogP contribution in [0.2, 0.25) is 5.02 Å². The zero-order valence-electron chi connectivity index (χ0n) is 13.7. The minimum atomic E-state index is -0.992. The molecule has 2 aromatic heterocycles. The number of carbonyl (C=O) groups is 1. The molecular weight excluding hydrogens is 346 g/mol. The van der Waals surface area contributed by atoms with Gasteiger partial charge >= 0.3 is 6.09 Å². The number of hydrogen-bond acceptors (Lipinski definition) is 6. The van der Waals surface area contributed by atoms with Gasteiger partial charge in [0.1, 0.15) is 5.02 Å². The maximum atomic E-state index is 10.8. The lowest BCUT2D eigenvalue weighted by Crippen LogP contribution is -2.41. The fourth-order valence-corrected chi connectivity index (χ4v) is 3.11. The van der Waals surface area contributed by atoms with Crippen molar-refractivity contribution in [2.24, 2.45) is 7.05 Å². The van der Waals surface area contributed by atoms with Gasteiger partial charge in [-0.1, -0.05) is 11.6 Å². The first kappa shape index (κ1) is 17.3. The molecule has 4 N–H and O–H groups in total. The molecule has 10 heteroatoms. The topological polar surface area (TPSA) is 117 Å². The predicted octanol–water partition coefficient (Wildman–Crippen LogP) is 2.60. The highest BCUT2D eigenvalue weighted by Gasteiger charge is 2.24. The number of hydrogen-bond donors (Lipinski definition) is 4. The number of amides is 1. The Labute approximate surface area is 149 Å². The number of nitrogens with one attached hydrogen (secondary N) is 3. The van der Waals surface area contributed by atoms with Crippen LogP contribution in [0.25, 0.3) is 0 Å². The molecule has 1 saturated carbocycles. The average molecular weight is 366 g/mol. The molecule has 1 aliphatic carbocycles. The summed E-state index contributed by atoms with van der Waals surface area (Å²) in [7, 11) is 1.82. The fraction of sp³-hybridized carbons (Fsp3) is 0.467. The SMILES string of the molecule is Cn1cc(Nc2ncc(Cl)c(N[C@@H]3CCC[C@H](NC(=O)O)C3)n2)cn1. The van der Waals surface area contributed by atoms with Gasteiger partial charge in [-0.05, 0) is 25.7 Å². The Balaban J connectivity index is 1.67. The summed E-state index contributed by atoms with van der Waals surface area (Å²) in [6.45, 7) is 0. The van der Waals surface area contributed by atoms with Gasteiger partial charge in [-0.25, -0.2) is 9.78 Å². The monoisotopic (exact) mass is 365 g/mol. The van der Waals surface area contributed by atoms with Crippen molar-refractivity contribution in [3.63, 3.8) is 0 Å². The molecule has 0 saturated heterocycles. The molecule has 9 nitrogen and oxygen atoms in total. The van der Waals surface area contributed by atoms with Crippen LogP contribution in [0.3, 0.4) is 0 Å². The molecule has 1 aliphatic rings. The van der Waals surface area contributed by atoms with Crippen molar-refractivity contribution in [3.05, 3.63) is 23.6 Å². The van der Waals surface area contributed by atoms with Crippen LogP contribution in [-0.4, -0.2) is 43.0 Å². The molecule has 0 aliphatic heterocycles. The minimum absolute atomic E-state index is 0.0580. The van der Waals surface area contributed by atoms with E-state index in [9.17, 15) is 4.79 Å². The second-order valence-electron chi connectivity index (χ2n) is 6.07. The van der Waals surface area contributed by atoms with Crippen LogP contribution in [-0.2, 0) is 7.05 Å². The largest absolute Gasteiger partial charge is 0.465 e. The van der Waals surface area contributed by atoms with E-state index in [4.69, 9.17) is 16.7 Å². The third-order valence-corrected chi connectivity index (χ3v) is 4.32. The molecule has 2 atom stereocenters. The van der Waals surface area contributed by atoms with E-state index < -0.39 is 6.09 Å². The van der Waals surface area contributed by atoms with Gasteiger partial charge in [-0.2, -0.15) is 10.1 Å². The Morgan fingerprint density at radius 3 is 2.88 bits per heavy atom. The smallest absolute Gasteiger partial charge is 0.404 e. The van der Waals surface area contributed by atoms with Crippen molar-refractivity contribution >= 4 is 35.1 Å². The molecule has 2 aromatic rings. The molecule has 0 unspecified atom stereocenters. The third-order valence-electron chi connectivity index (χ3n) is 4.05. The standard InChI is InChI=1S/C15H20ClN7O2/c1-23-8-11(6-18-23)20-14-17-7-12(16)13(22-14)19-9-3-2-4-10(5-9)21-15(24)25/h6-10,21H,2-5H2,1H3,(H,24,25)(H2,17,19,20,22)/t9-,10+/m1/s1. The number of aromatic nitrogens is 4. The first-order valence-electron chi connectivity index (χ1n) is 8.04. The van der Waals surface area contributed by atoms with Gasteiger partial charge in [0.2, 0.25) is 5.95 Å². The lowest BCUT2D eigenvalue weighted by molar-refractivity contribution is 0.185. The Morgan fingerprint density at radius 1 is 1.36 bits per heavy atom. The molecule has 1 amide bonds. The summed E-state index contributed by atoms with van der Waals surface area (Å²) >= 11 is 6.20. The first-order valence-corrected chi connectivity index (χ1v) is 8.41. The third kappa shape index (κ3) is 4.72. The van der Waals surface area contributed by atoms with E-state index in [0.29, 0.717) is 23.2 Å². The van der Waals surface area contributed by atoms with Crippen molar-refractivity contribution in [2.45, 2.75) is 37.8 Å². The number of anilines is 3. The van der Waals surface area contributed by atoms with Crippen LogP contribution in [0, 0.1) is 0 Å². The summed E-state index contributed by atoms with van der Waals surface area (Å²) in [4.78, 5) is 19.4. The number of rotatable bonds is 5. The highest BCUT2D eigenvalue weighted by Crippen LogP contribution is 2.26. The van der Waals surface area contributed by atoms with E-state index in [1.54, 1.807) is 10.9 Å². The number of aryl methyl sites for hydroxylation is 1. The second kappa shape index (κ2) is 7.56. The summed E-state index contributed by atoms with van der Waals surface area (Å²) in [5.41, 5.74) is 0.777. The van der Waals surface area contributed by atoms with Crippen molar-refractivity contribution in [3.8, 4) is 0 Å². The Hall–Kier alpha value is -2.55. The van der Waals surface area contributed by atoms with Crippen molar-refractivity contribution in [2.75, 3.05) is 10.6 Å². The first-order chi connectivity index (χ1) is 12.0. The van der Waals surface area contributed by atoms with Crippen molar-refractivity contribution < 1.29 is 9.90 Å². The van der Waals surface area contributed by atoms with E-state index in [1.807, 2.05) is 13.2 Å². The fourth-order valence-electron chi connectivity index (χ4n) is 2.96. The van der Waals surface area contributed by atoms with E-state index >= 15 is 0 Å². The van der Waals surface area contributed by atoms with Gasteiger partial charge < -0.3 is 21.1 Å². The summed E-state index contributed by atoms with van der Waals surface area (Å²) < 4.78 is 1.68. The molecule has 2 heterocycles. The van der Waals surface area contributed by atoms with Gasteiger partial charge in [0, 0.05) is 25.3 Å². The second-order valence-corrected chi connectivity index (χ2v) is 6.48. The zero-order valence-corrected chi connectivity index (χ0v) is 14.5. The van der Waals surface area contributed by atoms with Crippen LogP contribution in [0.15, 0.2) is 18.6 Å². The molecular formula is C15H20ClN7O2. The predicted molar refractivity (Wildman–Crippen MR) is 94.4 cm³/mol. The van der Waals surface area contributed by atoms with E-state index in [2.05, 4.69) is 31.0 Å².